The van der Waals surface area contributed by atoms with Crippen molar-refractivity contribution in [1.29, 1.82) is 0 Å². The molecule has 0 radical (unpaired) electrons. The first kappa shape index (κ1) is 27.8. The molecule has 0 aromatic carbocycles. The Morgan fingerprint density at radius 1 is 0.636 bits per heavy atom. The van der Waals surface area contributed by atoms with Gasteiger partial charge in [-0.2, -0.15) is 0 Å². The number of hydrogen-bond acceptors (Lipinski definition) is 1. The quantitative estimate of drug-likeness (QED) is 0.281. The van der Waals surface area contributed by atoms with Crippen LogP contribution in [0.25, 0.3) is 0 Å². The first-order valence-corrected chi connectivity index (χ1v) is 8.99. The van der Waals surface area contributed by atoms with E-state index in [1.54, 1.807) is 0 Å². The Morgan fingerprint density at radius 2 is 0.909 bits per heavy atom. The van der Waals surface area contributed by atoms with Gasteiger partial charge >= 0.3 is 54.9 Å². The second-order valence-corrected chi connectivity index (χ2v) is 6.09. The van der Waals surface area contributed by atoms with Crippen molar-refractivity contribution in [2.45, 2.75) is 110 Å². The van der Waals surface area contributed by atoms with E-state index in [0.717, 1.165) is 12.8 Å². The summed E-state index contributed by atoms with van der Waals surface area (Å²) in [6.45, 7) is 2.27. The Hall–Kier alpha value is 1.00. The van der Waals surface area contributed by atoms with E-state index < -0.39 is 5.97 Å². The van der Waals surface area contributed by atoms with Gasteiger partial charge in [0.25, 0.3) is 0 Å². The van der Waals surface area contributed by atoms with Crippen LogP contribution in [-0.4, -0.2) is 65.4 Å². The predicted molar refractivity (Wildman–Crippen MR) is 99.3 cm³/mol. The maximum absolute atomic E-state index is 10.3. The van der Waals surface area contributed by atoms with Crippen LogP contribution in [0.3, 0.4) is 0 Å². The summed E-state index contributed by atoms with van der Waals surface area (Å²) in [5.74, 6) is -0.653. The van der Waals surface area contributed by atoms with Crippen LogP contribution in [0.4, 0.5) is 0 Å². The average Bonchev–Trinajstić information content (AvgIpc) is 2.43. The summed E-state index contributed by atoms with van der Waals surface area (Å²) in [5.41, 5.74) is 0. The second kappa shape index (κ2) is 24.3. The maximum atomic E-state index is 10.3. The van der Waals surface area contributed by atoms with Crippen molar-refractivity contribution in [3.8, 4) is 0 Å². The van der Waals surface area contributed by atoms with Gasteiger partial charge in [0, 0.05) is 6.42 Å². The fourth-order valence-electron chi connectivity index (χ4n) is 2.65. The molecule has 0 spiro atoms. The molecule has 132 valence electrons. The monoisotopic (exact) mass is 442 g/mol. The Balaban J connectivity index is -0.00000180. The Kier molecular flexibility index (Phi) is 30.7. The summed E-state index contributed by atoms with van der Waals surface area (Å²) in [5, 5.41) is 8.52. The van der Waals surface area contributed by atoms with Gasteiger partial charge in [-0.25, -0.2) is 0 Å². The number of aliphatic carboxylic acids is 1. The topological polar surface area (TPSA) is 68.8 Å². The molecular weight excluding hydrogens is 402 g/mol. The van der Waals surface area contributed by atoms with Crippen molar-refractivity contribution < 1.29 is 15.4 Å². The van der Waals surface area contributed by atoms with Crippen LogP contribution in [-0.2, 0) is 4.79 Å². The van der Waals surface area contributed by atoms with Crippen molar-refractivity contribution in [3.05, 3.63) is 0 Å². The molecule has 3 N–H and O–H groups in total. The normalized spacial score (nSPS) is 9.86. The second-order valence-electron chi connectivity index (χ2n) is 6.09. The van der Waals surface area contributed by atoms with Gasteiger partial charge < -0.3 is 10.6 Å². The fourth-order valence-corrected chi connectivity index (χ4v) is 2.65. The first-order chi connectivity index (χ1) is 9.77. The van der Waals surface area contributed by atoms with Gasteiger partial charge in [0.15, 0.2) is 0 Å². The van der Waals surface area contributed by atoms with Crippen molar-refractivity contribution in [2.75, 3.05) is 0 Å². The number of rotatable bonds is 16. The van der Waals surface area contributed by atoms with Crippen LogP contribution in [0.2, 0.25) is 0 Å². The molecule has 0 heterocycles. The van der Waals surface area contributed by atoms with Crippen molar-refractivity contribution in [2.24, 2.45) is 0 Å². The zero-order valence-corrected chi connectivity index (χ0v) is 14.2. The van der Waals surface area contributed by atoms with Crippen molar-refractivity contribution >= 4 is 54.9 Å². The van der Waals surface area contributed by atoms with E-state index in [4.69, 9.17) is 5.11 Å². The van der Waals surface area contributed by atoms with E-state index in [9.17, 15) is 4.79 Å². The van der Waals surface area contributed by atoms with E-state index >= 15 is 0 Å². The van der Waals surface area contributed by atoms with E-state index in [2.05, 4.69) is 6.92 Å². The Morgan fingerprint density at radius 3 is 1.18 bits per heavy atom. The molecule has 0 saturated heterocycles. The van der Waals surface area contributed by atoms with Gasteiger partial charge in [0.2, 0.25) is 0 Å². The van der Waals surface area contributed by atoms with Crippen LogP contribution in [0.15, 0.2) is 0 Å². The molecule has 0 aliphatic rings. The molecule has 22 heavy (non-hydrogen) atoms. The van der Waals surface area contributed by atoms with E-state index in [1.165, 1.54) is 83.5 Å². The summed E-state index contributed by atoms with van der Waals surface area (Å²) in [6.07, 6.45) is 20.2. The number of hydrogen-bond donors (Lipinski definition) is 1. The van der Waals surface area contributed by atoms with E-state index in [0.29, 0.717) is 6.42 Å². The number of carboxylic acids is 1. The molecule has 4 heteroatoms. The van der Waals surface area contributed by atoms with Crippen LogP contribution in [0, 0.1) is 0 Å². The van der Waals surface area contributed by atoms with Crippen molar-refractivity contribution in [3.63, 3.8) is 0 Å². The van der Waals surface area contributed by atoms with Gasteiger partial charge in [-0.1, -0.05) is 96.8 Å². The van der Waals surface area contributed by atoms with Gasteiger partial charge in [-0.05, 0) is 6.42 Å². The molecule has 0 bridgehead atoms. The summed E-state index contributed by atoms with van der Waals surface area (Å²) >= 11 is 0. The summed E-state index contributed by atoms with van der Waals surface area (Å²) in [6, 6.07) is 0. The summed E-state index contributed by atoms with van der Waals surface area (Å²) in [4.78, 5) is 10.3. The third-order valence-corrected chi connectivity index (χ3v) is 3.99. The molecule has 0 aromatic heterocycles. The summed E-state index contributed by atoms with van der Waals surface area (Å²) in [7, 11) is 0. The van der Waals surface area contributed by atoms with Crippen LogP contribution in [0.5, 0.6) is 0 Å². The number of carboxylic acid groups (broad SMARTS) is 1. The van der Waals surface area contributed by atoms with Crippen LogP contribution >= 0.6 is 0 Å². The van der Waals surface area contributed by atoms with E-state index in [-0.39, 0.29) is 54.4 Å². The zero-order valence-electron chi connectivity index (χ0n) is 14.2. The number of unbranched alkanes of at least 4 members (excludes halogenated alkanes) is 14. The molecule has 0 rings (SSSR count). The Bertz CT molecular complexity index is 211. The van der Waals surface area contributed by atoms with E-state index in [1.807, 2.05) is 0 Å². The fraction of sp³-hybridized carbons (Fsp3) is 0.944. The Labute approximate surface area is 178 Å². The first-order valence-electron chi connectivity index (χ1n) is 8.99. The van der Waals surface area contributed by atoms with Crippen molar-refractivity contribution in [1.82, 2.24) is 0 Å². The molecule has 0 unspecified atom stereocenters. The molecule has 0 aliphatic carbocycles. The SMILES string of the molecule is CCCCCCCCCCCCCCCCCC(=O)O.O.[BaH2]. The molecule has 0 atom stereocenters. The molecular formula is C18H40BaO3. The summed E-state index contributed by atoms with van der Waals surface area (Å²) < 4.78 is 0. The third-order valence-electron chi connectivity index (χ3n) is 3.99. The third kappa shape index (κ3) is 25.9. The molecule has 3 nitrogen and oxygen atoms in total. The van der Waals surface area contributed by atoms with Gasteiger partial charge in [0.1, 0.15) is 0 Å². The van der Waals surface area contributed by atoms with Gasteiger partial charge in [0.05, 0.1) is 0 Å². The number of carbonyl (C=O) groups is 1. The molecule has 0 aromatic rings. The van der Waals surface area contributed by atoms with Gasteiger partial charge in [-0.3, -0.25) is 4.79 Å². The minimum atomic E-state index is -0.653. The molecule has 0 aliphatic heterocycles. The standard InChI is InChI=1S/C18H36O2.Ba.H2O.2H/c1-2-3-4-5-6-7-8-9-10-11-12-13-14-15-16-17-18(19)20;;;;/h2-17H2,1H3,(H,19,20);;1H2;;. The molecule has 0 amide bonds. The predicted octanol–water partition coefficient (Wildman–Crippen LogP) is 4.59. The van der Waals surface area contributed by atoms with Crippen LogP contribution in [0.1, 0.15) is 110 Å². The molecule has 0 fully saturated rings. The van der Waals surface area contributed by atoms with Crippen LogP contribution < -0.4 is 0 Å². The van der Waals surface area contributed by atoms with Gasteiger partial charge in [-0.15, -0.1) is 0 Å². The zero-order chi connectivity index (χ0) is 14.9. The minimum absolute atomic E-state index is 0. The average molecular weight is 442 g/mol. The molecule has 0 saturated carbocycles.